The highest BCUT2D eigenvalue weighted by Crippen LogP contribution is 2.29. The third kappa shape index (κ3) is 3.72. The average molecular weight is 356 g/mol. The number of nitrogens with two attached hydrogens (primary N) is 1. The van der Waals surface area contributed by atoms with Crippen LogP contribution in [0.15, 0.2) is 24.3 Å². The van der Waals surface area contributed by atoms with Gasteiger partial charge in [0.25, 0.3) is 0 Å². The Balaban J connectivity index is 1.81. The maximum atomic E-state index is 13.4. The van der Waals surface area contributed by atoms with Crippen molar-refractivity contribution in [1.82, 2.24) is 15.0 Å². The lowest BCUT2D eigenvalue weighted by atomic mass is 10.1. The standard InChI is InChI=1S/C15H16F4N6/c1-9-8-24(11-4-2-3-10(16)7-11)5-6-25(9)14-22-12(15(17,18)19)21-13(20)23-14/h2-4,7,9H,5-6,8H2,1H3,(H2,20,21,22,23). The van der Waals surface area contributed by atoms with Crippen molar-refractivity contribution in [1.29, 1.82) is 0 Å². The van der Waals surface area contributed by atoms with E-state index in [9.17, 15) is 17.6 Å². The Labute approximate surface area is 141 Å². The first kappa shape index (κ1) is 17.2. The van der Waals surface area contributed by atoms with Crippen molar-refractivity contribution in [2.24, 2.45) is 0 Å². The van der Waals surface area contributed by atoms with E-state index < -0.39 is 17.9 Å². The summed E-state index contributed by atoms with van der Waals surface area (Å²) >= 11 is 0. The molecule has 1 aromatic heterocycles. The summed E-state index contributed by atoms with van der Waals surface area (Å²) in [5.41, 5.74) is 6.12. The smallest absolute Gasteiger partial charge is 0.368 e. The molecule has 10 heteroatoms. The fourth-order valence-electron chi connectivity index (χ4n) is 2.80. The first-order valence-corrected chi connectivity index (χ1v) is 7.60. The highest BCUT2D eigenvalue weighted by molar-refractivity contribution is 5.49. The first-order chi connectivity index (χ1) is 11.7. The molecule has 2 heterocycles. The van der Waals surface area contributed by atoms with Crippen LogP contribution in [-0.2, 0) is 6.18 Å². The molecule has 0 spiro atoms. The fraction of sp³-hybridized carbons (Fsp3) is 0.400. The van der Waals surface area contributed by atoms with Gasteiger partial charge in [0.2, 0.25) is 17.7 Å². The highest BCUT2D eigenvalue weighted by atomic mass is 19.4. The molecule has 2 aromatic rings. The summed E-state index contributed by atoms with van der Waals surface area (Å²) in [6.45, 7) is 3.17. The van der Waals surface area contributed by atoms with Crippen molar-refractivity contribution < 1.29 is 17.6 Å². The van der Waals surface area contributed by atoms with Gasteiger partial charge in [-0.25, -0.2) is 4.39 Å². The zero-order valence-corrected chi connectivity index (χ0v) is 13.3. The van der Waals surface area contributed by atoms with Crippen molar-refractivity contribution in [2.45, 2.75) is 19.1 Å². The van der Waals surface area contributed by atoms with E-state index in [2.05, 4.69) is 15.0 Å². The number of hydrogen-bond acceptors (Lipinski definition) is 6. The molecule has 1 atom stereocenters. The Morgan fingerprint density at radius 1 is 1.16 bits per heavy atom. The van der Waals surface area contributed by atoms with Crippen LogP contribution in [0, 0.1) is 5.82 Å². The number of halogens is 4. The van der Waals surface area contributed by atoms with E-state index in [-0.39, 0.29) is 17.8 Å². The molecule has 25 heavy (non-hydrogen) atoms. The van der Waals surface area contributed by atoms with Crippen molar-refractivity contribution in [2.75, 3.05) is 35.2 Å². The Bertz CT molecular complexity index is 766. The lowest BCUT2D eigenvalue weighted by Gasteiger charge is -2.41. The maximum absolute atomic E-state index is 13.4. The summed E-state index contributed by atoms with van der Waals surface area (Å²) in [5.74, 6) is -2.23. The monoisotopic (exact) mass is 356 g/mol. The number of anilines is 3. The summed E-state index contributed by atoms with van der Waals surface area (Å²) in [6, 6.07) is 5.98. The van der Waals surface area contributed by atoms with E-state index in [0.29, 0.717) is 19.6 Å². The van der Waals surface area contributed by atoms with Crippen LogP contribution in [0.4, 0.5) is 35.1 Å². The summed E-state index contributed by atoms with van der Waals surface area (Å²) in [7, 11) is 0. The molecule has 0 aliphatic carbocycles. The number of nitrogen functional groups attached to an aromatic ring is 1. The lowest BCUT2D eigenvalue weighted by molar-refractivity contribution is -0.144. The number of rotatable bonds is 2. The quantitative estimate of drug-likeness (QED) is 0.833. The number of aromatic nitrogens is 3. The highest BCUT2D eigenvalue weighted by Gasteiger charge is 2.37. The second kappa shape index (κ2) is 6.34. The Hall–Kier alpha value is -2.65. The largest absolute Gasteiger partial charge is 0.451 e. The van der Waals surface area contributed by atoms with Crippen LogP contribution in [0.2, 0.25) is 0 Å². The third-order valence-corrected chi connectivity index (χ3v) is 3.95. The van der Waals surface area contributed by atoms with Crippen LogP contribution in [0.3, 0.4) is 0 Å². The zero-order chi connectivity index (χ0) is 18.2. The minimum absolute atomic E-state index is 0.105. The second-order valence-corrected chi connectivity index (χ2v) is 5.78. The van der Waals surface area contributed by atoms with Gasteiger partial charge >= 0.3 is 6.18 Å². The molecule has 0 bridgehead atoms. The van der Waals surface area contributed by atoms with Gasteiger partial charge in [0.1, 0.15) is 5.82 Å². The number of nitrogens with zero attached hydrogens (tertiary/aromatic N) is 5. The third-order valence-electron chi connectivity index (χ3n) is 3.95. The predicted octanol–water partition coefficient (Wildman–Crippen LogP) is 2.33. The molecule has 1 aliphatic heterocycles. The van der Waals surface area contributed by atoms with E-state index in [4.69, 9.17) is 5.73 Å². The number of alkyl halides is 3. The molecule has 1 aliphatic rings. The van der Waals surface area contributed by atoms with Gasteiger partial charge in [0.15, 0.2) is 0 Å². The Morgan fingerprint density at radius 3 is 2.56 bits per heavy atom. The van der Waals surface area contributed by atoms with E-state index in [1.165, 1.54) is 12.1 Å². The van der Waals surface area contributed by atoms with Gasteiger partial charge < -0.3 is 15.5 Å². The van der Waals surface area contributed by atoms with Crippen LogP contribution in [0.25, 0.3) is 0 Å². The van der Waals surface area contributed by atoms with Gasteiger partial charge in [-0.05, 0) is 25.1 Å². The average Bonchev–Trinajstić information content (AvgIpc) is 2.53. The van der Waals surface area contributed by atoms with Crippen LogP contribution < -0.4 is 15.5 Å². The van der Waals surface area contributed by atoms with Crippen molar-refractivity contribution >= 4 is 17.6 Å². The van der Waals surface area contributed by atoms with Gasteiger partial charge in [-0.15, -0.1) is 0 Å². The van der Waals surface area contributed by atoms with Crippen molar-refractivity contribution in [3.63, 3.8) is 0 Å². The summed E-state index contributed by atoms with van der Waals surface area (Å²) in [4.78, 5) is 14.1. The van der Waals surface area contributed by atoms with Crippen molar-refractivity contribution in [3.05, 3.63) is 35.9 Å². The molecule has 6 nitrogen and oxygen atoms in total. The van der Waals surface area contributed by atoms with E-state index in [0.717, 1.165) is 5.69 Å². The molecule has 2 N–H and O–H groups in total. The maximum Gasteiger partial charge on any atom is 0.451 e. The van der Waals surface area contributed by atoms with Crippen molar-refractivity contribution in [3.8, 4) is 0 Å². The zero-order valence-electron chi connectivity index (χ0n) is 13.3. The van der Waals surface area contributed by atoms with E-state index >= 15 is 0 Å². The minimum atomic E-state index is -4.70. The Morgan fingerprint density at radius 2 is 1.92 bits per heavy atom. The van der Waals surface area contributed by atoms with Crippen LogP contribution in [0.5, 0.6) is 0 Å². The van der Waals surface area contributed by atoms with Gasteiger partial charge in [0, 0.05) is 31.4 Å². The molecule has 1 unspecified atom stereocenters. The lowest BCUT2D eigenvalue weighted by Crippen LogP contribution is -2.53. The van der Waals surface area contributed by atoms with Crippen LogP contribution in [-0.4, -0.2) is 40.6 Å². The minimum Gasteiger partial charge on any atom is -0.368 e. The molecule has 1 aromatic carbocycles. The Kier molecular flexibility index (Phi) is 4.36. The van der Waals surface area contributed by atoms with Gasteiger partial charge in [-0.3, -0.25) is 0 Å². The molecule has 0 saturated carbocycles. The summed E-state index contributed by atoms with van der Waals surface area (Å²) in [6.07, 6.45) is -4.70. The van der Waals surface area contributed by atoms with Gasteiger partial charge in [0.05, 0.1) is 0 Å². The number of piperazine rings is 1. The molecule has 1 fully saturated rings. The van der Waals surface area contributed by atoms with Gasteiger partial charge in [-0.1, -0.05) is 6.07 Å². The van der Waals surface area contributed by atoms with Crippen LogP contribution in [0.1, 0.15) is 12.7 Å². The molecule has 134 valence electrons. The topological polar surface area (TPSA) is 71.2 Å². The fourth-order valence-corrected chi connectivity index (χ4v) is 2.80. The summed E-state index contributed by atoms with van der Waals surface area (Å²) in [5, 5.41) is 0. The predicted molar refractivity (Wildman–Crippen MR) is 84.7 cm³/mol. The first-order valence-electron chi connectivity index (χ1n) is 7.60. The van der Waals surface area contributed by atoms with Crippen LogP contribution >= 0.6 is 0 Å². The second-order valence-electron chi connectivity index (χ2n) is 5.78. The molecular weight excluding hydrogens is 340 g/mol. The molecule has 3 rings (SSSR count). The van der Waals surface area contributed by atoms with Gasteiger partial charge in [-0.2, -0.15) is 28.1 Å². The molecule has 0 radical (unpaired) electrons. The number of benzene rings is 1. The summed E-state index contributed by atoms with van der Waals surface area (Å²) < 4.78 is 52.0. The number of hydrogen-bond donors (Lipinski definition) is 1. The normalized spacial score (nSPS) is 18.5. The SMILES string of the molecule is CC1CN(c2cccc(F)c2)CCN1c1nc(N)nc(C(F)(F)F)n1. The van der Waals surface area contributed by atoms with E-state index in [1.54, 1.807) is 17.0 Å². The molecule has 0 amide bonds. The van der Waals surface area contributed by atoms with E-state index in [1.807, 2.05) is 11.8 Å². The molecule has 1 saturated heterocycles. The molecular formula is C15H16F4N6.